The summed E-state index contributed by atoms with van der Waals surface area (Å²) in [6.07, 6.45) is 6.93. The highest BCUT2D eigenvalue weighted by atomic mass is 16.5. The fourth-order valence-electron chi connectivity index (χ4n) is 3.57. The molecular formula is C14H25N3O2. The maximum Gasteiger partial charge on any atom is 0.318 e. The first-order valence-electron chi connectivity index (χ1n) is 7.73. The van der Waals surface area contributed by atoms with Gasteiger partial charge in [0.05, 0.1) is 12.6 Å². The Morgan fingerprint density at radius 1 is 1.21 bits per heavy atom. The molecule has 3 heterocycles. The molecule has 3 fully saturated rings. The lowest BCUT2D eigenvalue weighted by Crippen LogP contribution is -2.56. The molecule has 5 heteroatoms. The quantitative estimate of drug-likeness (QED) is 0.787. The molecule has 0 bridgehead atoms. The Morgan fingerprint density at radius 2 is 2.16 bits per heavy atom. The van der Waals surface area contributed by atoms with Gasteiger partial charge >= 0.3 is 6.03 Å². The molecule has 3 rings (SSSR count). The van der Waals surface area contributed by atoms with Gasteiger partial charge in [-0.3, -0.25) is 0 Å². The van der Waals surface area contributed by atoms with Crippen LogP contribution in [0.25, 0.3) is 0 Å². The average molecular weight is 267 g/mol. The summed E-state index contributed by atoms with van der Waals surface area (Å²) in [5.74, 6) is 0. The van der Waals surface area contributed by atoms with Crippen LogP contribution in [-0.2, 0) is 4.74 Å². The van der Waals surface area contributed by atoms with Gasteiger partial charge in [0.2, 0.25) is 0 Å². The van der Waals surface area contributed by atoms with Gasteiger partial charge in [-0.05, 0) is 45.1 Å². The fourth-order valence-corrected chi connectivity index (χ4v) is 3.57. The number of ether oxygens (including phenoxy) is 1. The zero-order valence-electron chi connectivity index (χ0n) is 11.6. The molecule has 0 radical (unpaired) electrons. The van der Waals surface area contributed by atoms with Gasteiger partial charge in [-0.15, -0.1) is 0 Å². The number of rotatable bonds is 2. The van der Waals surface area contributed by atoms with E-state index in [1.807, 2.05) is 0 Å². The van der Waals surface area contributed by atoms with Gasteiger partial charge in [-0.25, -0.2) is 4.79 Å². The highest BCUT2D eigenvalue weighted by molar-refractivity contribution is 5.75. The van der Waals surface area contributed by atoms with E-state index in [2.05, 4.69) is 15.5 Å². The zero-order chi connectivity index (χ0) is 13.1. The van der Waals surface area contributed by atoms with Gasteiger partial charge in [0.15, 0.2) is 0 Å². The predicted octanol–water partition coefficient (Wildman–Crippen LogP) is 1.09. The summed E-state index contributed by atoms with van der Waals surface area (Å²) in [6, 6.07) is 1.23. The molecule has 3 unspecified atom stereocenters. The van der Waals surface area contributed by atoms with Crippen molar-refractivity contribution in [3.05, 3.63) is 0 Å². The van der Waals surface area contributed by atoms with Crippen molar-refractivity contribution in [3.63, 3.8) is 0 Å². The van der Waals surface area contributed by atoms with Crippen LogP contribution in [0, 0.1) is 0 Å². The second kappa shape index (κ2) is 6.09. The van der Waals surface area contributed by atoms with Crippen molar-refractivity contribution < 1.29 is 9.53 Å². The number of piperidine rings is 1. The zero-order valence-corrected chi connectivity index (χ0v) is 11.6. The van der Waals surface area contributed by atoms with Crippen molar-refractivity contribution in [2.45, 2.75) is 56.7 Å². The van der Waals surface area contributed by atoms with Crippen molar-refractivity contribution >= 4 is 6.03 Å². The molecule has 3 atom stereocenters. The van der Waals surface area contributed by atoms with Crippen LogP contribution < -0.4 is 10.6 Å². The summed E-state index contributed by atoms with van der Waals surface area (Å²) >= 11 is 0. The monoisotopic (exact) mass is 267 g/mol. The second-order valence-corrected chi connectivity index (χ2v) is 5.97. The smallest absolute Gasteiger partial charge is 0.318 e. The van der Waals surface area contributed by atoms with Crippen LogP contribution in [0.3, 0.4) is 0 Å². The van der Waals surface area contributed by atoms with Crippen LogP contribution in [0.2, 0.25) is 0 Å². The van der Waals surface area contributed by atoms with E-state index in [0.717, 1.165) is 39.0 Å². The van der Waals surface area contributed by atoms with Gasteiger partial charge in [0, 0.05) is 25.2 Å². The number of nitrogens with zero attached hydrogens (tertiary/aromatic N) is 1. The maximum absolute atomic E-state index is 12.5. The van der Waals surface area contributed by atoms with Crippen molar-refractivity contribution in [2.75, 3.05) is 26.3 Å². The standard InChI is InChI=1S/C14H25N3O2/c18-14(16-11-6-9-19-10-11)17-8-2-1-5-13(17)12-4-3-7-15-12/h11-13,15H,1-10H2,(H,16,18). The van der Waals surface area contributed by atoms with E-state index in [4.69, 9.17) is 4.74 Å². The SMILES string of the molecule is O=C(NC1CCOC1)N1CCCCC1C1CCCN1. The first-order chi connectivity index (χ1) is 9.34. The first-order valence-corrected chi connectivity index (χ1v) is 7.73. The summed E-state index contributed by atoms with van der Waals surface area (Å²) in [4.78, 5) is 14.5. The Hall–Kier alpha value is -0.810. The number of carbonyl (C=O) groups is 1. The third kappa shape index (κ3) is 3.03. The fraction of sp³-hybridized carbons (Fsp3) is 0.929. The molecular weight excluding hydrogens is 242 g/mol. The van der Waals surface area contributed by atoms with Crippen LogP contribution in [0.4, 0.5) is 4.79 Å². The number of nitrogens with one attached hydrogen (secondary N) is 2. The molecule has 2 N–H and O–H groups in total. The molecule has 2 amide bonds. The molecule has 0 aliphatic carbocycles. The summed E-state index contributed by atoms with van der Waals surface area (Å²) < 4.78 is 5.33. The largest absolute Gasteiger partial charge is 0.379 e. The van der Waals surface area contributed by atoms with E-state index >= 15 is 0 Å². The van der Waals surface area contributed by atoms with Crippen molar-refractivity contribution in [3.8, 4) is 0 Å². The second-order valence-electron chi connectivity index (χ2n) is 5.97. The van der Waals surface area contributed by atoms with Gasteiger partial charge in [-0.2, -0.15) is 0 Å². The van der Waals surface area contributed by atoms with Crippen LogP contribution in [-0.4, -0.2) is 55.4 Å². The van der Waals surface area contributed by atoms with Crippen LogP contribution >= 0.6 is 0 Å². The van der Waals surface area contributed by atoms with Gasteiger partial charge < -0.3 is 20.3 Å². The lowest BCUT2D eigenvalue weighted by atomic mass is 9.95. The molecule has 0 aromatic carbocycles. The van der Waals surface area contributed by atoms with Crippen LogP contribution in [0.5, 0.6) is 0 Å². The lowest BCUT2D eigenvalue weighted by molar-refractivity contribution is 0.128. The topological polar surface area (TPSA) is 53.6 Å². The number of amides is 2. The summed E-state index contributed by atoms with van der Waals surface area (Å²) in [5.41, 5.74) is 0. The Kier molecular flexibility index (Phi) is 4.23. The highest BCUT2D eigenvalue weighted by Gasteiger charge is 2.35. The van der Waals surface area contributed by atoms with E-state index in [1.54, 1.807) is 0 Å². The minimum Gasteiger partial charge on any atom is -0.379 e. The van der Waals surface area contributed by atoms with Gasteiger partial charge in [0.25, 0.3) is 0 Å². The lowest BCUT2D eigenvalue weighted by Gasteiger charge is -2.39. The molecule has 19 heavy (non-hydrogen) atoms. The van der Waals surface area contributed by atoms with E-state index in [0.29, 0.717) is 18.7 Å². The summed E-state index contributed by atoms with van der Waals surface area (Å²) in [6.45, 7) is 3.46. The molecule has 0 aromatic heterocycles. The van der Waals surface area contributed by atoms with Gasteiger partial charge in [0.1, 0.15) is 0 Å². The van der Waals surface area contributed by atoms with Crippen molar-refractivity contribution in [2.24, 2.45) is 0 Å². The van der Waals surface area contributed by atoms with Crippen molar-refractivity contribution in [1.82, 2.24) is 15.5 Å². The summed E-state index contributed by atoms with van der Waals surface area (Å²) in [5, 5.41) is 6.69. The number of hydrogen-bond acceptors (Lipinski definition) is 3. The molecule has 3 aliphatic heterocycles. The number of hydrogen-bond donors (Lipinski definition) is 2. The molecule has 0 aromatic rings. The molecule has 3 saturated heterocycles. The van der Waals surface area contributed by atoms with Crippen LogP contribution in [0.15, 0.2) is 0 Å². The minimum atomic E-state index is 0.119. The van der Waals surface area contributed by atoms with E-state index in [9.17, 15) is 4.79 Å². The van der Waals surface area contributed by atoms with E-state index in [-0.39, 0.29) is 12.1 Å². The maximum atomic E-state index is 12.5. The van der Waals surface area contributed by atoms with Gasteiger partial charge in [-0.1, -0.05) is 0 Å². The first kappa shape index (κ1) is 13.2. The molecule has 3 aliphatic rings. The molecule has 0 saturated carbocycles. The highest BCUT2D eigenvalue weighted by Crippen LogP contribution is 2.24. The Balaban J connectivity index is 1.60. The molecule has 0 spiro atoms. The number of likely N-dealkylation sites (tertiary alicyclic amines) is 1. The number of carbonyl (C=O) groups excluding carboxylic acids is 1. The Labute approximate surface area is 115 Å². The van der Waals surface area contributed by atoms with E-state index < -0.39 is 0 Å². The molecule has 108 valence electrons. The van der Waals surface area contributed by atoms with Crippen molar-refractivity contribution in [1.29, 1.82) is 0 Å². The Morgan fingerprint density at radius 3 is 2.89 bits per heavy atom. The average Bonchev–Trinajstić information content (AvgIpc) is 3.11. The third-order valence-electron chi connectivity index (χ3n) is 4.63. The minimum absolute atomic E-state index is 0.119. The Bertz CT molecular complexity index is 312. The predicted molar refractivity (Wildman–Crippen MR) is 73.1 cm³/mol. The van der Waals surface area contributed by atoms with Crippen LogP contribution in [0.1, 0.15) is 38.5 Å². The van der Waals surface area contributed by atoms with E-state index in [1.165, 1.54) is 19.3 Å². The third-order valence-corrected chi connectivity index (χ3v) is 4.63. The molecule has 5 nitrogen and oxygen atoms in total. The normalized spacial score (nSPS) is 35.6. The summed E-state index contributed by atoms with van der Waals surface area (Å²) in [7, 11) is 0. The number of urea groups is 1.